The summed E-state index contributed by atoms with van der Waals surface area (Å²) in [7, 11) is 0. The Morgan fingerprint density at radius 3 is 2.67 bits per heavy atom. The molecule has 108 valence electrons. The molecular formula is C14H12ClN3O3. The van der Waals surface area contributed by atoms with Crippen molar-refractivity contribution in [3.63, 3.8) is 0 Å². The van der Waals surface area contributed by atoms with Crippen LogP contribution in [0.25, 0.3) is 0 Å². The number of aryl methyl sites for hydroxylation is 1. The van der Waals surface area contributed by atoms with Crippen LogP contribution in [0.15, 0.2) is 36.4 Å². The predicted octanol–water partition coefficient (Wildman–Crippen LogP) is 3.39. The molecule has 0 aromatic heterocycles. The summed E-state index contributed by atoms with van der Waals surface area (Å²) >= 11 is 5.83. The van der Waals surface area contributed by atoms with Gasteiger partial charge in [0.05, 0.1) is 9.95 Å². The number of benzene rings is 2. The van der Waals surface area contributed by atoms with Crippen LogP contribution in [0.5, 0.6) is 0 Å². The van der Waals surface area contributed by atoms with Crippen molar-refractivity contribution in [3.8, 4) is 0 Å². The van der Waals surface area contributed by atoms with Crippen LogP contribution in [0, 0.1) is 17.0 Å². The highest BCUT2D eigenvalue weighted by molar-refractivity contribution is 6.34. The lowest BCUT2D eigenvalue weighted by Gasteiger charge is -2.07. The molecule has 0 fully saturated rings. The average molecular weight is 306 g/mol. The molecule has 0 radical (unpaired) electrons. The fourth-order valence-corrected chi connectivity index (χ4v) is 2.03. The number of rotatable bonds is 3. The molecule has 7 heteroatoms. The lowest BCUT2D eigenvalue weighted by molar-refractivity contribution is -0.383. The molecule has 0 aliphatic heterocycles. The Morgan fingerprint density at radius 1 is 1.33 bits per heavy atom. The van der Waals surface area contributed by atoms with Crippen LogP contribution < -0.4 is 11.1 Å². The first-order valence-corrected chi connectivity index (χ1v) is 6.37. The van der Waals surface area contributed by atoms with E-state index < -0.39 is 16.5 Å². The largest absolute Gasteiger partial charge is 0.392 e. The van der Waals surface area contributed by atoms with Crippen molar-refractivity contribution in [2.45, 2.75) is 6.92 Å². The number of nitrogens with one attached hydrogen (secondary N) is 1. The highest BCUT2D eigenvalue weighted by Crippen LogP contribution is 2.31. The zero-order valence-corrected chi connectivity index (χ0v) is 11.8. The summed E-state index contributed by atoms with van der Waals surface area (Å²) < 4.78 is 0. The number of carbonyl (C=O) groups excluding carboxylic acids is 1. The molecule has 2 aromatic rings. The van der Waals surface area contributed by atoms with E-state index in [1.165, 1.54) is 6.07 Å². The second-order valence-corrected chi connectivity index (χ2v) is 4.88. The lowest BCUT2D eigenvalue weighted by Crippen LogP contribution is -2.13. The zero-order chi connectivity index (χ0) is 15.6. The number of nitro benzene ring substituents is 1. The molecule has 0 unspecified atom stereocenters. The number of anilines is 2. The van der Waals surface area contributed by atoms with E-state index in [1.54, 1.807) is 18.2 Å². The van der Waals surface area contributed by atoms with Crippen molar-refractivity contribution in [2.24, 2.45) is 0 Å². The number of hydrogen-bond donors (Lipinski definition) is 2. The Morgan fingerprint density at radius 2 is 2.05 bits per heavy atom. The third-order valence-corrected chi connectivity index (χ3v) is 3.16. The van der Waals surface area contributed by atoms with E-state index in [0.29, 0.717) is 5.69 Å². The summed E-state index contributed by atoms with van der Waals surface area (Å²) in [6.07, 6.45) is 0. The van der Waals surface area contributed by atoms with Crippen molar-refractivity contribution in [3.05, 3.63) is 62.7 Å². The van der Waals surface area contributed by atoms with Crippen molar-refractivity contribution in [1.29, 1.82) is 0 Å². The van der Waals surface area contributed by atoms with Gasteiger partial charge in [0, 0.05) is 17.3 Å². The number of amides is 1. The van der Waals surface area contributed by atoms with E-state index >= 15 is 0 Å². The molecule has 3 N–H and O–H groups in total. The molecule has 2 rings (SSSR count). The lowest BCUT2D eigenvalue weighted by atomic mass is 10.1. The monoisotopic (exact) mass is 305 g/mol. The Kier molecular flexibility index (Phi) is 4.09. The van der Waals surface area contributed by atoms with Gasteiger partial charge in [0.25, 0.3) is 11.6 Å². The third kappa shape index (κ3) is 3.29. The van der Waals surface area contributed by atoms with Gasteiger partial charge < -0.3 is 11.1 Å². The van der Waals surface area contributed by atoms with Gasteiger partial charge in [-0.05, 0) is 30.7 Å². The number of nitrogens with two attached hydrogens (primary N) is 1. The molecule has 6 nitrogen and oxygen atoms in total. The van der Waals surface area contributed by atoms with Gasteiger partial charge in [0.15, 0.2) is 0 Å². The first-order valence-electron chi connectivity index (χ1n) is 6.00. The minimum atomic E-state index is -0.676. The zero-order valence-electron chi connectivity index (χ0n) is 11.1. The van der Waals surface area contributed by atoms with Crippen LogP contribution in [-0.4, -0.2) is 10.8 Å². The fraction of sp³-hybridized carbons (Fsp3) is 0.0714. The molecule has 0 saturated carbocycles. The van der Waals surface area contributed by atoms with Gasteiger partial charge >= 0.3 is 0 Å². The molecule has 1 amide bonds. The van der Waals surface area contributed by atoms with Crippen LogP contribution in [-0.2, 0) is 0 Å². The number of hydrogen-bond acceptors (Lipinski definition) is 4. The summed E-state index contributed by atoms with van der Waals surface area (Å²) in [4.78, 5) is 22.3. The van der Waals surface area contributed by atoms with Crippen LogP contribution in [0.3, 0.4) is 0 Å². The Balaban J connectivity index is 2.33. The van der Waals surface area contributed by atoms with Gasteiger partial charge in [-0.1, -0.05) is 23.7 Å². The summed E-state index contributed by atoms with van der Waals surface area (Å²) in [5.41, 5.74) is 6.61. The molecule has 0 aliphatic carbocycles. The highest BCUT2D eigenvalue weighted by atomic mass is 35.5. The molecule has 0 saturated heterocycles. The minimum Gasteiger partial charge on any atom is -0.392 e. The second kappa shape index (κ2) is 5.80. The van der Waals surface area contributed by atoms with Crippen molar-refractivity contribution >= 4 is 34.6 Å². The molecule has 0 atom stereocenters. The number of nitro groups is 1. The standard InChI is InChI=1S/C14H12ClN3O3/c1-8-3-2-4-10(5-8)17-14(19)9-6-11(15)13(16)12(7-9)18(20)21/h2-7H,16H2,1H3,(H,17,19). The number of carbonyl (C=O) groups is 1. The minimum absolute atomic E-state index is 0.0291. The van der Waals surface area contributed by atoms with Crippen molar-refractivity contribution in [1.82, 2.24) is 0 Å². The topological polar surface area (TPSA) is 98.3 Å². The van der Waals surface area contributed by atoms with Gasteiger partial charge in [-0.15, -0.1) is 0 Å². The van der Waals surface area contributed by atoms with E-state index in [1.807, 2.05) is 13.0 Å². The molecule has 21 heavy (non-hydrogen) atoms. The van der Waals surface area contributed by atoms with E-state index in [4.69, 9.17) is 17.3 Å². The molecule has 2 aromatic carbocycles. The summed E-state index contributed by atoms with van der Waals surface area (Å²) in [6.45, 7) is 1.89. The summed E-state index contributed by atoms with van der Waals surface area (Å²) in [6, 6.07) is 9.59. The first-order chi connectivity index (χ1) is 9.88. The SMILES string of the molecule is Cc1cccc(NC(=O)c2cc(Cl)c(N)c([N+](=O)[O-])c2)c1. The van der Waals surface area contributed by atoms with Gasteiger partial charge in [-0.3, -0.25) is 14.9 Å². The maximum atomic E-state index is 12.1. The van der Waals surface area contributed by atoms with Gasteiger partial charge in [0.2, 0.25) is 0 Å². The molecule has 0 spiro atoms. The van der Waals surface area contributed by atoms with E-state index in [9.17, 15) is 14.9 Å². The van der Waals surface area contributed by atoms with Crippen LogP contribution >= 0.6 is 11.6 Å². The van der Waals surface area contributed by atoms with Crippen LogP contribution in [0.2, 0.25) is 5.02 Å². The second-order valence-electron chi connectivity index (χ2n) is 4.47. The van der Waals surface area contributed by atoms with Crippen molar-refractivity contribution in [2.75, 3.05) is 11.1 Å². The number of nitrogens with zero attached hydrogens (tertiary/aromatic N) is 1. The Hall–Kier alpha value is -2.60. The maximum absolute atomic E-state index is 12.1. The highest BCUT2D eigenvalue weighted by Gasteiger charge is 2.19. The molecule has 0 aliphatic rings. The molecular weight excluding hydrogens is 294 g/mol. The Labute approximate surface area is 125 Å². The first kappa shape index (κ1) is 14.8. The predicted molar refractivity (Wildman–Crippen MR) is 81.7 cm³/mol. The smallest absolute Gasteiger partial charge is 0.294 e. The van der Waals surface area contributed by atoms with E-state index in [-0.39, 0.29) is 16.3 Å². The summed E-state index contributed by atoms with van der Waals surface area (Å²) in [5.74, 6) is -0.495. The van der Waals surface area contributed by atoms with Gasteiger partial charge in [-0.2, -0.15) is 0 Å². The van der Waals surface area contributed by atoms with Crippen LogP contribution in [0.1, 0.15) is 15.9 Å². The summed E-state index contributed by atoms with van der Waals surface area (Å²) in [5, 5.41) is 13.5. The molecule has 0 bridgehead atoms. The van der Waals surface area contributed by atoms with Crippen molar-refractivity contribution < 1.29 is 9.72 Å². The quantitative estimate of drug-likeness (QED) is 0.516. The van der Waals surface area contributed by atoms with Gasteiger partial charge in [0.1, 0.15) is 5.69 Å². The number of halogens is 1. The molecule has 0 heterocycles. The average Bonchev–Trinajstić information content (AvgIpc) is 2.41. The maximum Gasteiger partial charge on any atom is 0.294 e. The van der Waals surface area contributed by atoms with E-state index in [2.05, 4.69) is 5.32 Å². The normalized spacial score (nSPS) is 10.2. The van der Waals surface area contributed by atoms with E-state index in [0.717, 1.165) is 11.6 Å². The van der Waals surface area contributed by atoms with Crippen LogP contribution in [0.4, 0.5) is 17.1 Å². The third-order valence-electron chi connectivity index (χ3n) is 2.84. The fourth-order valence-electron chi connectivity index (χ4n) is 1.81. The Bertz CT molecular complexity index is 731. The van der Waals surface area contributed by atoms with Gasteiger partial charge in [-0.25, -0.2) is 0 Å². The number of nitrogen functional groups attached to an aromatic ring is 1.